The molecule has 8 heteroatoms. The Morgan fingerprint density at radius 1 is 1.23 bits per heavy atom. The van der Waals surface area contributed by atoms with Gasteiger partial charge in [-0.2, -0.15) is 0 Å². The highest BCUT2D eigenvalue weighted by Gasteiger charge is 2.32. The van der Waals surface area contributed by atoms with Gasteiger partial charge in [0.25, 0.3) is 0 Å². The minimum absolute atomic E-state index is 0.249. The molecule has 0 aliphatic heterocycles. The van der Waals surface area contributed by atoms with E-state index in [1.807, 2.05) is 0 Å². The van der Waals surface area contributed by atoms with E-state index in [2.05, 4.69) is 4.98 Å². The number of aliphatic hydroxyl groups is 3. The molecule has 6 nitrogen and oxygen atoms in total. The average molecular weight is 349 g/mol. The second kappa shape index (κ2) is 7.12. The molecule has 0 saturated heterocycles. The Hall–Kier alpha value is -0.890. The van der Waals surface area contributed by atoms with Crippen molar-refractivity contribution in [3.63, 3.8) is 0 Å². The molecule has 0 amide bonds. The lowest BCUT2D eigenvalue weighted by Crippen LogP contribution is -2.40. The molecule has 3 N–H and O–H groups in total. The van der Waals surface area contributed by atoms with Gasteiger partial charge in [-0.15, -0.1) is 0 Å². The lowest BCUT2D eigenvalue weighted by Gasteiger charge is -2.29. The van der Waals surface area contributed by atoms with Gasteiger partial charge in [-0.1, -0.05) is 30.1 Å². The van der Waals surface area contributed by atoms with E-state index >= 15 is 0 Å². The fourth-order valence-corrected chi connectivity index (χ4v) is 2.57. The minimum Gasteiger partial charge on any atom is -0.396 e. The van der Waals surface area contributed by atoms with Crippen molar-refractivity contribution in [2.45, 2.75) is 25.4 Å². The summed E-state index contributed by atoms with van der Waals surface area (Å²) >= 11 is 12.0. The average Bonchev–Trinajstić information content (AvgIpc) is 2.89. The third kappa shape index (κ3) is 3.22. The first-order valence-electron chi connectivity index (χ1n) is 6.72. The molecule has 0 bridgehead atoms. The third-order valence-corrected chi connectivity index (χ3v) is 4.37. The van der Waals surface area contributed by atoms with E-state index in [0.29, 0.717) is 21.1 Å². The van der Waals surface area contributed by atoms with E-state index in [9.17, 15) is 10.2 Å². The standard InChI is InChI=1S/C14H18Cl2N2O4/c1-7(5-19)12(20)13(21)14(22-2)18-6-17-10-3-8(15)9(16)4-11(10)18/h3-4,6-7,12-14,19-21H,5H2,1-2H3. The Bertz CT molecular complexity index is 649. The summed E-state index contributed by atoms with van der Waals surface area (Å²) in [6.45, 7) is 1.38. The lowest BCUT2D eigenvalue weighted by molar-refractivity contribution is -0.125. The van der Waals surface area contributed by atoms with Crippen LogP contribution in [0.1, 0.15) is 13.2 Å². The lowest BCUT2D eigenvalue weighted by atomic mass is 9.99. The molecule has 0 spiro atoms. The first-order valence-corrected chi connectivity index (χ1v) is 7.47. The summed E-state index contributed by atoms with van der Waals surface area (Å²) < 4.78 is 6.87. The van der Waals surface area contributed by atoms with E-state index in [4.69, 9.17) is 33.0 Å². The van der Waals surface area contributed by atoms with Crippen LogP contribution in [-0.2, 0) is 4.74 Å². The molecular formula is C14H18Cl2N2O4. The summed E-state index contributed by atoms with van der Waals surface area (Å²) in [4.78, 5) is 4.19. The zero-order chi connectivity index (χ0) is 16.4. The number of halogens is 2. The molecule has 0 saturated carbocycles. The van der Waals surface area contributed by atoms with Gasteiger partial charge in [0.15, 0.2) is 6.23 Å². The van der Waals surface area contributed by atoms with Crippen LogP contribution < -0.4 is 0 Å². The number of benzene rings is 1. The highest BCUT2D eigenvalue weighted by molar-refractivity contribution is 6.42. The number of imidazole rings is 1. The van der Waals surface area contributed by atoms with Crippen molar-refractivity contribution in [3.8, 4) is 0 Å². The van der Waals surface area contributed by atoms with E-state index in [1.54, 1.807) is 23.6 Å². The topological polar surface area (TPSA) is 87.7 Å². The smallest absolute Gasteiger partial charge is 0.163 e. The first kappa shape index (κ1) is 17.5. The van der Waals surface area contributed by atoms with Crippen LogP contribution in [0.25, 0.3) is 11.0 Å². The fourth-order valence-electron chi connectivity index (χ4n) is 2.26. The number of aromatic nitrogens is 2. The Labute approximate surface area is 137 Å². The van der Waals surface area contributed by atoms with Crippen LogP contribution in [0, 0.1) is 5.92 Å². The Balaban J connectivity index is 2.41. The number of rotatable bonds is 6. The van der Waals surface area contributed by atoms with Crippen LogP contribution in [0.4, 0.5) is 0 Å². The van der Waals surface area contributed by atoms with Crippen molar-refractivity contribution in [2.75, 3.05) is 13.7 Å². The van der Waals surface area contributed by atoms with Gasteiger partial charge in [-0.25, -0.2) is 4.98 Å². The maximum Gasteiger partial charge on any atom is 0.163 e. The van der Waals surface area contributed by atoms with Gasteiger partial charge in [0.2, 0.25) is 0 Å². The summed E-state index contributed by atoms with van der Waals surface area (Å²) in [5.74, 6) is -0.500. The molecule has 22 heavy (non-hydrogen) atoms. The van der Waals surface area contributed by atoms with Gasteiger partial charge < -0.3 is 24.6 Å². The molecule has 4 atom stereocenters. The summed E-state index contributed by atoms with van der Waals surface area (Å²) in [5.41, 5.74) is 1.21. The molecule has 2 aromatic rings. The third-order valence-electron chi connectivity index (χ3n) is 3.65. The normalized spacial score (nSPS) is 17.4. The largest absolute Gasteiger partial charge is 0.396 e. The molecule has 1 aromatic heterocycles. The van der Waals surface area contributed by atoms with Gasteiger partial charge in [0.1, 0.15) is 6.10 Å². The molecule has 122 valence electrons. The molecule has 1 heterocycles. The predicted molar refractivity (Wildman–Crippen MR) is 84.1 cm³/mol. The van der Waals surface area contributed by atoms with Gasteiger partial charge in [0, 0.05) is 19.6 Å². The molecular weight excluding hydrogens is 331 g/mol. The zero-order valence-electron chi connectivity index (χ0n) is 12.1. The minimum atomic E-state index is -1.25. The number of fused-ring (bicyclic) bond motifs is 1. The monoisotopic (exact) mass is 348 g/mol. The highest BCUT2D eigenvalue weighted by atomic mass is 35.5. The highest BCUT2D eigenvalue weighted by Crippen LogP contribution is 2.30. The van der Waals surface area contributed by atoms with Crippen molar-refractivity contribution < 1.29 is 20.1 Å². The summed E-state index contributed by atoms with van der Waals surface area (Å²) in [5, 5.41) is 30.3. The summed E-state index contributed by atoms with van der Waals surface area (Å²) in [6.07, 6.45) is -1.81. The zero-order valence-corrected chi connectivity index (χ0v) is 13.7. The molecule has 1 aromatic carbocycles. The quantitative estimate of drug-likeness (QED) is 0.741. The number of aliphatic hydroxyl groups excluding tert-OH is 3. The van der Waals surface area contributed by atoms with Crippen molar-refractivity contribution in [3.05, 3.63) is 28.5 Å². The summed E-state index contributed by atoms with van der Waals surface area (Å²) in [7, 11) is 1.41. The van der Waals surface area contributed by atoms with Gasteiger partial charge in [-0.05, 0) is 12.1 Å². The number of nitrogens with zero attached hydrogens (tertiary/aromatic N) is 2. The van der Waals surface area contributed by atoms with Crippen LogP contribution in [0.15, 0.2) is 18.5 Å². The number of ether oxygens (including phenoxy) is 1. The van der Waals surface area contributed by atoms with Crippen molar-refractivity contribution in [2.24, 2.45) is 5.92 Å². The van der Waals surface area contributed by atoms with Crippen LogP contribution in [0.2, 0.25) is 10.0 Å². The molecule has 0 aliphatic rings. The molecule has 0 aliphatic carbocycles. The van der Waals surface area contributed by atoms with Crippen LogP contribution >= 0.6 is 23.2 Å². The Kier molecular flexibility index (Phi) is 5.65. The summed E-state index contributed by atoms with van der Waals surface area (Å²) in [6, 6.07) is 3.23. The Morgan fingerprint density at radius 2 is 1.86 bits per heavy atom. The number of methoxy groups -OCH3 is 1. The SMILES string of the molecule is COC(C(O)C(O)C(C)CO)n1cnc2cc(Cl)c(Cl)cc21. The van der Waals surface area contributed by atoms with Crippen LogP contribution in [0.3, 0.4) is 0 Å². The maximum atomic E-state index is 10.3. The maximum absolute atomic E-state index is 10.3. The van der Waals surface area contributed by atoms with E-state index in [0.717, 1.165) is 0 Å². The van der Waals surface area contributed by atoms with E-state index in [1.165, 1.54) is 13.4 Å². The van der Waals surface area contributed by atoms with Crippen molar-refractivity contribution in [1.82, 2.24) is 9.55 Å². The fraction of sp³-hybridized carbons (Fsp3) is 0.500. The molecule has 2 rings (SSSR count). The van der Waals surface area contributed by atoms with Crippen LogP contribution in [-0.4, -0.2) is 50.8 Å². The molecule has 0 radical (unpaired) electrons. The van der Waals surface area contributed by atoms with Crippen molar-refractivity contribution in [1.29, 1.82) is 0 Å². The predicted octanol–water partition coefficient (Wildman–Crippen LogP) is 1.84. The number of hydrogen-bond acceptors (Lipinski definition) is 5. The van der Waals surface area contributed by atoms with Crippen LogP contribution in [0.5, 0.6) is 0 Å². The second-order valence-electron chi connectivity index (χ2n) is 5.17. The molecule has 0 fully saturated rings. The van der Waals surface area contributed by atoms with Gasteiger partial charge in [0.05, 0.1) is 33.5 Å². The van der Waals surface area contributed by atoms with Gasteiger partial charge >= 0.3 is 0 Å². The number of hydrogen-bond donors (Lipinski definition) is 3. The second-order valence-corrected chi connectivity index (χ2v) is 5.99. The van der Waals surface area contributed by atoms with Gasteiger partial charge in [-0.3, -0.25) is 0 Å². The van der Waals surface area contributed by atoms with Crippen molar-refractivity contribution >= 4 is 34.2 Å². The van der Waals surface area contributed by atoms with E-state index in [-0.39, 0.29) is 6.61 Å². The first-order chi connectivity index (χ1) is 10.4. The molecule has 4 unspecified atom stereocenters. The Morgan fingerprint density at radius 3 is 2.45 bits per heavy atom. The van der Waals surface area contributed by atoms with E-state index < -0.39 is 24.4 Å².